The standard InChI is InChI=1S/C17H18N2O/c1-19-11-5-9-15(19)13-18-17(16-10-6-12-20-16)14-7-3-2-4-8-14/h2-12,17-18H,13H2,1H3. The van der Waals surface area contributed by atoms with E-state index in [4.69, 9.17) is 4.42 Å². The van der Waals surface area contributed by atoms with Crippen LogP contribution in [0.4, 0.5) is 0 Å². The molecule has 1 atom stereocenters. The van der Waals surface area contributed by atoms with Gasteiger partial charge < -0.3 is 8.98 Å². The lowest BCUT2D eigenvalue weighted by Crippen LogP contribution is -2.22. The van der Waals surface area contributed by atoms with Gasteiger partial charge in [-0.1, -0.05) is 30.3 Å². The van der Waals surface area contributed by atoms with Gasteiger partial charge in [0.1, 0.15) is 5.76 Å². The smallest absolute Gasteiger partial charge is 0.125 e. The van der Waals surface area contributed by atoms with Gasteiger partial charge >= 0.3 is 0 Å². The van der Waals surface area contributed by atoms with E-state index in [0.29, 0.717) is 0 Å². The van der Waals surface area contributed by atoms with Crippen LogP contribution in [0.1, 0.15) is 23.1 Å². The van der Waals surface area contributed by atoms with Crippen LogP contribution in [-0.4, -0.2) is 4.57 Å². The van der Waals surface area contributed by atoms with Gasteiger partial charge in [0.25, 0.3) is 0 Å². The first-order valence-electron chi connectivity index (χ1n) is 6.76. The molecule has 0 amide bonds. The summed E-state index contributed by atoms with van der Waals surface area (Å²) < 4.78 is 7.70. The quantitative estimate of drug-likeness (QED) is 0.766. The first kappa shape index (κ1) is 12.8. The normalized spacial score (nSPS) is 12.4. The van der Waals surface area contributed by atoms with E-state index in [1.165, 1.54) is 11.3 Å². The Hall–Kier alpha value is -2.26. The SMILES string of the molecule is Cn1cccc1CNC(c1ccccc1)c1ccco1. The molecule has 0 fully saturated rings. The minimum atomic E-state index is 0.0705. The number of hydrogen-bond acceptors (Lipinski definition) is 2. The fraction of sp³-hybridized carbons (Fsp3) is 0.176. The van der Waals surface area contributed by atoms with E-state index in [9.17, 15) is 0 Å². The molecule has 0 bridgehead atoms. The van der Waals surface area contributed by atoms with Gasteiger partial charge in [-0.3, -0.25) is 5.32 Å². The lowest BCUT2D eigenvalue weighted by atomic mass is 10.0. The molecule has 0 aliphatic carbocycles. The van der Waals surface area contributed by atoms with Crippen LogP contribution in [0.25, 0.3) is 0 Å². The largest absolute Gasteiger partial charge is 0.467 e. The zero-order chi connectivity index (χ0) is 13.8. The van der Waals surface area contributed by atoms with Gasteiger partial charge in [0.05, 0.1) is 12.3 Å². The number of aromatic nitrogens is 1. The highest BCUT2D eigenvalue weighted by Crippen LogP contribution is 2.22. The molecule has 3 aromatic rings. The van der Waals surface area contributed by atoms with E-state index in [1.807, 2.05) is 18.2 Å². The van der Waals surface area contributed by atoms with Crippen LogP contribution < -0.4 is 5.32 Å². The molecule has 3 rings (SSSR count). The first-order chi connectivity index (χ1) is 9.84. The number of nitrogens with zero attached hydrogens (tertiary/aromatic N) is 1. The molecule has 3 heteroatoms. The van der Waals surface area contributed by atoms with E-state index in [-0.39, 0.29) is 6.04 Å². The van der Waals surface area contributed by atoms with Crippen LogP contribution in [0.5, 0.6) is 0 Å². The molecule has 0 aliphatic heterocycles. The third-order valence-corrected chi connectivity index (χ3v) is 3.50. The maximum atomic E-state index is 5.58. The number of benzene rings is 1. The number of nitrogens with one attached hydrogen (secondary N) is 1. The van der Waals surface area contributed by atoms with Crippen molar-refractivity contribution in [2.24, 2.45) is 7.05 Å². The Morgan fingerprint density at radius 3 is 2.55 bits per heavy atom. The second kappa shape index (κ2) is 5.80. The molecule has 0 spiro atoms. The first-order valence-corrected chi connectivity index (χ1v) is 6.76. The van der Waals surface area contributed by atoms with Gasteiger partial charge in [0.2, 0.25) is 0 Å². The van der Waals surface area contributed by atoms with Crippen LogP contribution >= 0.6 is 0 Å². The highest BCUT2D eigenvalue weighted by Gasteiger charge is 2.16. The van der Waals surface area contributed by atoms with Gasteiger partial charge in [-0.15, -0.1) is 0 Å². The average Bonchev–Trinajstić information content (AvgIpc) is 3.13. The molecule has 1 aromatic carbocycles. The Bertz CT molecular complexity index is 641. The lowest BCUT2D eigenvalue weighted by molar-refractivity contribution is 0.442. The van der Waals surface area contributed by atoms with Gasteiger partial charge in [0, 0.05) is 25.5 Å². The van der Waals surface area contributed by atoms with Crippen molar-refractivity contribution in [1.82, 2.24) is 9.88 Å². The third-order valence-electron chi connectivity index (χ3n) is 3.50. The molecule has 1 N–H and O–H groups in total. The van der Waals surface area contributed by atoms with E-state index in [0.717, 1.165) is 12.3 Å². The summed E-state index contributed by atoms with van der Waals surface area (Å²) in [5.74, 6) is 0.936. The molecular weight excluding hydrogens is 248 g/mol. The summed E-state index contributed by atoms with van der Waals surface area (Å²) in [5, 5.41) is 3.57. The molecule has 3 nitrogen and oxygen atoms in total. The summed E-state index contributed by atoms with van der Waals surface area (Å²) in [6.07, 6.45) is 3.77. The van der Waals surface area contributed by atoms with Crippen molar-refractivity contribution in [3.05, 3.63) is 84.1 Å². The Morgan fingerprint density at radius 2 is 1.90 bits per heavy atom. The predicted octanol–water partition coefficient (Wildman–Crippen LogP) is 3.50. The van der Waals surface area contributed by atoms with Crippen LogP contribution in [0.15, 0.2) is 71.5 Å². The van der Waals surface area contributed by atoms with Crippen molar-refractivity contribution >= 4 is 0 Å². The average molecular weight is 266 g/mol. The van der Waals surface area contributed by atoms with E-state index in [1.54, 1.807) is 6.26 Å². The highest BCUT2D eigenvalue weighted by atomic mass is 16.3. The van der Waals surface area contributed by atoms with Crippen molar-refractivity contribution in [3.8, 4) is 0 Å². The fourth-order valence-corrected chi connectivity index (χ4v) is 2.37. The van der Waals surface area contributed by atoms with E-state index < -0.39 is 0 Å². The highest BCUT2D eigenvalue weighted by molar-refractivity contribution is 5.26. The van der Waals surface area contributed by atoms with Crippen LogP contribution in [0.3, 0.4) is 0 Å². The lowest BCUT2D eigenvalue weighted by Gasteiger charge is -2.17. The van der Waals surface area contributed by atoms with Gasteiger partial charge in [-0.25, -0.2) is 0 Å². The summed E-state index contributed by atoms with van der Waals surface area (Å²) in [4.78, 5) is 0. The molecular formula is C17H18N2O. The molecule has 0 saturated heterocycles. The maximum Gasteiger partial charge on any atom is 0.125 e. The zero-order valence-electron chi connectivity index (χ0n) is 11.5. The third kappa shape index (κ3) is 2.68. The van der Waals surface area contributed by atoms with Crippen LogP contribution in [0.2, 0.25) is 0 Å². The molecule has 20 heavy (non-hydrogen) atoms. The summed E-state index contributed by atoms with van der Waals surface area (Å²) >= 11 is 0. The Labute approximate surface area is 118 Å². The Kier molecular flexibility index (Phi) is 3.70. The van der Waals surface area contributed by atoms with Crippen molar-refractivity contribution in [2.45, 2.75) is 12.6 Å². The molecule has 102 valence electrons. The summed E-state index contributed by atoms with van der Waals surface area (Å²) in [6, 6.07) is 18.5. The van der Waals surface area contributed by atoms with Crippen molar-refractivity contribution < 1.29 is 4.42 Å². The number of aryl methyl sites for hydroxylation is 1. The van der Waals surface area contributed by atoms with E-state index in [2.05, 4.69) is 59.5 Å². The van der Waals surface area contributed by atoms with Gasteiger partial charge in [-0.05, 0) is 29.8 Å². The number of hydrogen-bond donors (Lipinski definition) is 1. The minimum Gasteiger partial charge on any atom is -0.467 e. The minimum absolute atomic E-state index is 0.0705. The zero-order valence-corrected chi connectivity index (χ0v) is 11.5. The topological polar surface area (TPSA) is 30.1 Å². The molecule has 0 aliphatic rings. The second-order valence-corrected chi connectivity index (χ2v) is 4.85. The van der Waals surface area contributed by atoms with Crippen LogP contribution in [-0.2, 0) is 13.6 Å². The van der Waals surface area contributed by atoms with E-state index >= 15 is 0 Å². The second-order valence-electron chi connectivity index (χ2n) is 4.85. The molecule has 2 heterocycles. The monoisotopic (exact) mass is 266 g/mol. The fourth-order valence-electron chi connectivity index (χ4n) is 2.37. The Morgan fingerprint density at radius 1 is 1.05 bits per heavy atom. The summed E-state index contributed by atoms with van der Waals surface area (Å²) in [7, 11) is 2.06. The van der Waals surface area contributed by atoms with Crippen molar-refractivity contribution in [3.63, 3.8) is 0 Å². The van der Waals surface area contributed by atoms with Crippen LogP contribution in [0, 0.1) is 0 Å². The maximum absolute atomic E-state index is 5.58. The summed E-state index contributed by atoms with van der Waals surface area (Å²) in [6.45, 7) is 0.795. The molecule has 2 aromatic heterocycles. The number of rotatable bonds is 5. The van der Waals surface area contributed by atoms with Gasteiger partial charge in [0.15, 0.2) is 0 Å². The Balaban J connectivity index is 1.82. The van der Waals surface area contributed by atoms with Crippen molar-refractivity contribution in [1.29, 1.82) is 0 Å². The summed E-state index contributed by atoms with van der Waals surface area (Å²) in [5.41, 5.74) is 2.45. The number of furan rings is 1. The molecule has 0 radical (unpaired) electrons. The van der Waals surface area contributed by atoms with Crippen molar-refractivity contribution in [2.75, 3.05) is 0 Å². The van der Waals surface area contributed by atoms with Gasteiger partial charge in [-0.2, -0.15) is 0 Å². The molecule has 0 saturated carbocycles. The molecule has 1 unspecified atom stereocenters. The predicted molar refractivity (Wildman–Crippen MR) is 79.2 cm³/mol.